The molecule has 0 aromatic heterocycles. The van der Waals surface area contributed by atoms with Crippen LogP contribution in [0.1, 0.15) is 104 Å². The second-order valence-corrected chi connectivity index (χ2v) is 14.0. The lowest BCUT2D eigenvalue weighted by atomic mass is 9.96. The Hall–Kier alpha value is -1.05. The van der Waals surface area contributed by atoms with Crippen molar-refractivity contribution in [3.8, 4) is 0 Å². The molecule has 0 amide bonds. The highest BCUT2D eigenvalue weighted by Gasteiger charge is 2.54. The summed E-state index contributed by atoms with van der Waals surface area (Å²) in [5.41, 5.74) is 0. The van der Waals surface area contributed by atoms with Crippen molar-refractivity contribution in [2.24, 2.45) is 0 Å². The molecule has 286 valence electrons. The Labute approximate surface area is 288 Å². The van der Waals surface area contributed by atoms with Crippen molar-refractivity contribution < 1.29 is 73.7 Å². The van der Waals surface area contributed by atoms with Gasteiger partial charge >= 0.3 is 5.97 Å². The van der Waals surface area contributed by atoms with Crippen LogP contribution in [-0.2, 0) is 38.0 Å². The molecule has 0 radical (unpaired) electrons. The van der Waals surface area contributed by atoms with Gasteiger partial charge in [0.15, 0.2) is 25.0 Å². The summed E-state index contributed by atoms with van der Waals surface area (Å²) in [5, 5.41) is 75.6. The molecule has 0 aromatic carbocycles. The van der Waals surface area contributed by atoms with E-state index in [1.807, 2.05) is 0 Å². The Bertz CT molecular complexity index is 974. The summed E-state index contributed by atoms with van der Waals surface area (Å²) in [5.74, 6) is -0.637. The monoisotopic (exact) mass is 708 g/mol. The molecular weight excluding hydrogens is 648 g/mol. The lowest BCUT2D eigenvalue weighted by Gasteiger charge is -2.48. The molecule has 4 fully saturated rings. The topological polar surface area (TPSA) is 223 Å². The van der Waals surface area contributed by atoms with E-state index in [1.165, 1.54) is 6.92 Å². The number of carbonyl (C=O) groups is 1. The van der Waals surface area contributed by atoms with Crippen LogP contribution in [0.5, 0.6) is 0 Å². The predicted octanol–water partition coefficient (Wildman–Crippen LogP) is 0.531. The van der Waals surface area contributed by atoms with Gasteiger partial charge in [0.25, 0.3) is 0 Å². The summed E-state index contributed by atoms with van der Waals surface area (Å²) in [6.45, 7) is 4.48. The molecule has 7 N–H and O–H groups in total. The number of hydrogen-bond donors (Lipinski definition) is 7. The molecule has 4 heterocycles. The van der Waals surface area contributed by atoms with E-state index in [4.69, 9.17) is 33.2 Å². The zero-order chi connectivity index (χ0) is 35.7. The Balaban J connectivity index is 1.67. The number of aliphatic hydroxyl groups is 7. The number of ether oxygens (including phenoxy) is 7. The molecule has 15 heteroatoms. The van der Waals surface area contributed by atoms with Gasteiger partial charge in [-0.25, -0.2) is 0 Å². The lowest BCUT2D eigenvalue weighted by Crippen LogP contribution is -2.66. The predicted molar refractivity (Wildman–Crippen MR) is 171 cm³/mol. The molecule has 15 nitrogen and oxygen atoms in total. The van der Waals surface area contributed by atoms with E-state index in [1.54, 1.807) is 6.92 Å². The van der Waals surface area contributed by atoms with Crippen LogP contribution >= 0.6 is 0 Å². The molecule has 0 bridgehead atoms. The molecule has 0 spiro atoms. The van der Waals surface area contributed by atoms with Crippen LogP contribution in [-0.4, -0.2) is 147 Å². The maximum Gasteiger partial charge on any atom is 0.306 e. The van der Waals surface area contributed by atoms with Crippen molar-refractivity contribution in [2.45, 2.75) is 202 Å². The number of aliphatic hydroxyl groups excluding tert-OH is 7. The first-order chi connectivity index (χ1) is 23.5. The zero-order valence-electron chi connectivity index (χ0n) is 29.0. The van der Waals surface area contributed by atoms with Gasteiger partial charge in [-0.2, -0.15) is 0 Å². The van der Waals surface area contributed by atoms with E-state index >= 15 is 0 Å². The zero-order valence-corrected chi connectivity index (χ0v) is 29.0. The minimum absolute atomic E-state index is 0.0673. The van der Waals surface area contributed by atoms with Crippen LogP contribution in [0.3, 0.4) is 0 Å². The van der Waals surface area contributed by atoms with Crippen molar-refractivity contribution in [2.75, 3.05) is 6.61 Å². The average molecular weight is 709 g/mol. The first-order valence-corrected chi connectivity index (χ1v) is 18.3. The molecule has 4 aliphatic heterocycles. The van der Waals surface area contributed by atoms with Crippen molar-refractivity contribution in [3.63, 3.8) is 0 Å². The third kappa shape index (κ3) is 10.7. The van der Waals surface area contributed by atoms with Gasteiger partial charge in [0.1, 0.15) is 54.9 Å². The van der Waals surface area contributed by atoms with Gasteiger partial charge in [0, 0.05) is 6.42 Å². The quantitative estimate of drug-likeness (QED) is 0.153. The Morgan fingerprint density at radius 2 is 1.10 bits per heavy atom. The van der Waals surface area contributed by atoms with Crippen molar-refractivity contribution >= 4 is 5.97 Å². The number of hydrogen-bond acceptors (Lipinski definition) is 15. The van der Waals surface area contributed by atoms with Crippen molar-refractivity contribution in [1.82, 2.24) is 0 Å². The lowest BCUT2D eigenvalue weighted by molar-refractivity contribution is -0.393. The van der Waals surface area contributed by atoms with E-state index in [9.17, 15) is 40.5 Å². The summed E-state index contributed by atoms with van der Waals surface area (Å²) in [6.07, 6.45) is -11.0. The maximum absolute atomic E-state index is 12.9. The van der Waals surface area contributed by atoms with Gasteiger partial charge in [-0.15, -0.1) is 0 Å². The molecule has 0 aromatic rings. The van der Waals surface area contributed by atoms with Crippen molar-refractivity contribution in [1.29, 1.82) is 0 Å². The van der Waals surface area contributed by atoms with Crippen molar-refractivity contribution in [3.05, 3.63) is 0 Å². The van der Waals surface area contributed by atoms with Crippen LogP contribution in [0.4, 0.5) is 0 Å². The minimum Gasteiger partial charge on any atom is -0.454 e. The fraction of sp³-hybridized carbons (Fsp3) is 0.971. The summed E-state index contributed by atoms with van der Waals surface area (Å²) >= 11 is 0. The highest BCUT2D eigenvalue weighted by Crippen LogP contribution is 2.35. The largest absolute Gasteiger partial charge is 0.454 e. The molecule has 4 aliphatic rings. The molecular formula is C34H60O15. The second kappa shape index (κ2) is 19.7. The van der Waals surface area contributed by atoms with E-state index in [0.29, 0.717) is 6.42 Å². The highest BCUT2D eigenvalue weighted by atomic mass is 16.8. The first-order valence-electron chi connectivity index (χ1n) is 18.3. The Morgan fingerprint density at radius 1 is 0.592 bits per heavy atom. The normalized spacial score (nSPS) is 45.6. The fourth-order valence-corrected chi connectivity index (χ4v) is 6.94. The minimum atomic E-state index is -1.77. The maximum atomic E-state index is 12.9. The molecule has 0 saturated carbocycles. The summed E-state index contributed by atoms with van der Waals surface area (Å²) in [6, 6.07) is 0. The highest BCUT2D eigenvalue weighted by molar-refractivity contribution is 5.69. The number of unbranched alkanes of at least 4 members (excludes halogenated alkanes) is 2. The summed E-state index contributed by atoms with van der Waals surface area (Å²) in [4.78, 5) is 12.9. The third-order valence-corrected chi connectivity index (χ3v) is 10.1. The molecule has 9 unspecified atom stereocenters. The van der Waals surface area contributed by atoms with Crippen LogP contribution in [0, 0.1) is 0 Å². The Morgan fingerprint density at radius 3 is 1.69 bits per heavy atom. The molecule has 4 rings (SSSR count). The van der Waals surface area contributed by atoms with E-state index in [-0.39, 0.29) is 12.5 Å². The first kappa shape index (κ1) is 40.7. The number of fused-ring (bicyclic) bond motifs is 3. The van der Waals surface area contributed by atoms with Crippen LogP contribution < -0.4 is 0 Å². The van der Waals surface area contributed by atoms with Gasteiger partial charge in [0.2, 0.25) is 0 Å². The van der Waals surface area contributed by atoms with Gasteiger partial charge in [0.05, 0.1) is 24.9 Å². The van der Waals surface area contributed by atoms with Gasteiger partial charge in [-0.05, 0) is 33.1 Å². The fourth-order valence-electron chi connectivity index (χ4n) is 6.94. The average Bonchev–Trinajstić information content (AvgIpc) is 3.07. The number of carbonyl (C=O) groups excluding carboxylic acids is 1. The second-order valence-electron chi connectivity index (χ2n) is 14.0. The number of rotatable bonds is 5. The molecule has 16 atom stereocenters. The molecule has 0 aliphatic carbocycles. The van der Waals surface area contributed by atoms with Crippen LogP contribution in [0.15, 0.2) is 0 Å². The standard InChI is InChI=1S/C34H60O15/c1-4-5-11-14-20-15-12-9-7-6-8-10-13-16-22(36)47-29-26(40)23(37)19(3)44-33(29)48-31-28(42)25(39)21(17-35)46-34(31)49-30-27(41)24(38)18(2)43-32(30)45-20/h18-21,23-35,37-42H,4-17H2,1-3H3/t18?,19?,20-,21?,23+,24-,25+,26?,27?,28?,29?,30?,31?,32-,33-,34-/m0/s1. The van der Waals surface area contributed by atoms with E-state index in [0.717, 1.165) is 70.6 Å². The van der Waals surface area contributed by atoms with E-state index < -0.39 is 105 Å². The van der Waals surface area contributed by atoms with E-state index in [2.05, 4.69) is 6.92 Å². The Kier molecular flexibility index (Phi) is 16.4. The smallest absolute Gasteiger partial charge is 0.306 e. The van der Waals surface area contributed by atoms with Gasteiger partial charge in [-0.1, -0.05) is 64.7 Å². The van der Waals surface area contributed by atoms with Gasteiger partial charge in [-0.3, -0.25) is 4.79 Å². The number of esters is 1. The molecule has 49 heavy (non-hydrogen) atoms. The molecule has 4 saturated heterocycles. The summed E-state index contributed by atoms with van der Waals surface area (Å²) < 4.78 is 42.1. The SMILES string of the molecule is CCCCC[C@H]1CCCCCCCCCC(=O)OC2C(O)[C@H](O)C(C)O[C@H]2OC2C(O)[C@H](O)C(CO)O[C@H]2OC2C(O)[C@@H](O)C(C)O[C@H]2O1. The summed E-state index contributed by atoms with van der Waals surface area (Å²) in [7, 11) is 0. The van der Waals surface area contributed by atoms with Crippen LogP contribution in [0.25, 0.3) is 0 Å². The third-order valence-electron chi connectivity index (χ3n) is 10.1. The van der Waals surface area contributed by atoms with Crippen LogP contribution in [0.2, 0.25) is 0 Å². The van der Waals surface area contributed by atoms with Gasteiger partial charge < -0.3 is 68.9 Å².